The van der Waals surface area contributed by atoms with Crippen LogP contribution in [0.5, 0.6) is 0 Å². The van der Waals surface area contributed by atoms with Crippen molar-refractivity contribution in [1.82, 2.24) is 10.2 Å². The second-order valence-corrected chi connectivity index (χ2v) is 6.07. The molecule has 2 heterocycles. The zero-order valence-corrected chi connectivity index (χ0v) is 13.8. The van der Waals surface area contributed by atoms with Crippen LogP contribution >= 0.6 is 0 Å². The molecule has 2 unspecified atom stereocenters. The summed E-state index contributed by atoms with van der Waals surface area (Å²) in [5.74, 6) is -0.0325. The summed E-state index contributed by atoms with van der Waals surface area (Å²) >= 11 is 0. The molecule has 1 saturated heterocycles. The smallest absolute Gasteiger partial charge is 0.290 e. The number of hydrogen-bond acceptors (Lipinski definition) is 4. The van der Waals surface area contributed by atoms with E-state index in [4.69, 9.17) is 10.2 Å². The van der Waals surface area contributed by atoms with Crippen LogP contribution in [-0.4, -0.2) is 41.9 Å². The number of hydrogen-bond donors (Lipinski definition) is 2. The summed E-state index contributed by atoms with van der Waals surface area (Å²) in [7, 11) is 0. The minimum atomic E-state index is -0.433. The molecular weight excluding hydrogens is 294 g/mol. The Kier molecular flexibility index (Phi) is 6.65. The van der Waals surface area contributed by atoms with Gasteiger partial charge >= 0.3 is 0 Å². The van der Waals surface area contributed by atoms with Crippen LogP contribution in [0.25, 0.3) is 0 Å². The maximum absolute atomic E-state index is 12.6. The van der Waals surface area contributed by atoms with E-state index >= 15 is 0 Å². The Balaban J connectivity index is 2.02. The van der Waals surface area contributed by atoms with Crippen molar-refractivity contribution in [3.8, 4) is 0 Å². The number of amides is 2. The quantitative estimate of drug-likeness (QED) is 0.803. The van der Waals surface area contributed by atoms with Crippen LogP contribution in [0.2, 0.25) is 0 Å². The van der Waals surface area contributed by atoms with E-state index < -0.39 is 6.04 Å². The molecule has 1 aromatic heterocycles. The minimum absolute atomic E-state index is 0.0232. The fraction of sp³-hybridized carbons (Fsp3) is 0.647. The summed E-state index contributed by atoms with van der Waals surface area (Å²) in [5, 5.41) is 3.01. The molecule has 0 aromatic carbocycles. The summed E-state index contributed by atoms with van der Waals surface area (Å²) in [6.07, 6.45) is 6.98. The zero-order chi connectivity index (χ0) is 16.7. The number of piperidine rings is 1. The van der Waals surface area contributed by atoms with Crippen LogP contribution in [0.3, 0.4) is 0 Å². The number of carbonyl (C=O) groups is 2. The second-order valence-electron chi connectivity index (χ2n) is 6.07. The van der Waals surface area contributed by atoms with Crippen molar-refractivity contribution >= 4 is 11.8 Å². The van der Waals surface area contributed by atoms with Gasteiger partial charge in [-0.25, -0.2) is 0 Å². The van der Waals surface area contributed by atoms with Crippen molar-refractivity contribution < 1.29 is 14.0 Å². The summed E-state index contributed by atoms with van der Waals surface area (Å²) < 4.78 is 5.19. The molecule has 1 aromatic rings. The average Bonchev–Trinajstić information content (AvgIpc) is 3.12. The van der Waals surface area contributed by atoms with Gasteiger partial charge in [0.05, 0.1) is 6.26 Å². The molecule has 128 valence electrons. The predicted molar refractivity (Wildman–Crippen MR) is 87.9 cm³/mol. The van der Waals surface area contributed by atoms with E-state index in [0.29, 0.717) is 19.5 Å². The van der Waals surface area contributed by atoms with Crippen LogP contribution in [0, 0.1) is 0 Å². The van der Waals surface area contributed by atoms with Gasteiger partial charge < -0.3 is 20.4 Å². The molecule has 2 amide bonds. The van der Waals surface area contributed by atoms with Crippen molar-refractivity contribution in [3.63, 3.8) is 0 Å². The normalized spacial score (nSPS) is 19.4. The maximum Gasteiger partial charge on any atom is 0.290 e. The summed E-state index contributed by atoms with van der Waals surface area (Å²) in [6, 6.07) is 2.86. The zero-order valence-electron chi connectivity index (χ0n) is 13.8. The molecule has 1 aliphatic rings. The molecule has 3 N–H and O–H groups in total. The van der Waals surface area contributed by atoms with Gasteiger partial charge in [0.15, 0.2) is 5.76 Å². The van der Waals surface area contributed by atoms with Crippen LogP contribution in [0.4, 0.5) is 0 Å². The Morgan fingerprint density at radius 1 is 1.48 bits per heavy atom. The number of rotatable bonds is 7. The van der Waals surface area contributed by atoms with Crippen molar-refractivity contribution in [1.29, 1.82) is 0 Å². The van der Waals surface area contributed by atoms with Crippen LogP contribution in [0.15, 0.2) is 22.8 Å². The van der Waals surface area contributed by atoms with Gasteiger partial charge in [0.25, 0.3) is 5.91 Å². The molecular formula is C17H27N3O3. The van der Waals surface area contributed by atoms with E-state index in [9.17, 15) is 9.59 Å². The first-order valence-corrected chi connectivity index (χ1v) is 8.52. The van der Waals surface area contributed by atoms with Crippen molar-refractivity contribution in [2.75, 3.05) is 13.1 Å². The third kappa shape index (κ3) is 4.58. The van der Waals surface area contributed by atoms with Crippen LogP contribution in [0.1, 0.15) is 56.0 Å². The first-order valence-electron chi connectivity index (χ1n) is 8.52. The number of unbranched alkanes of at least 4 members (excludes halogenated alkanes) is 1. The van der Waals surface area contributed by atoms with Crippen molar-refractivity contribution in [2.45, 2.75) is 57.5 Å². The fourth-order valence-corrected chi connectivity index (χ4v) is 2.99. The Labute approximate surface area is 137 Å². The fourth-order valence-electron chi connectivity index (χ4n) is 2.99. The molecule has 1 aliphatic heterocycles. The van der Waals surface area contributed by atoms with Gasteiger partial charge in [-0.05, 0) is 37.8 Å². The topological polar surface area (TPSA) is 88.6 Å². The standard InChI is InChI=1S/C17H27N3O3/c1-2-3-7-13(12-18)19-16(21)14-8-4-5-10-20(14)17(22)15-9-6-11-23-15/h6,9,11,13-14H,2-5,7-8,10,12,18H2,1H3,(H,19,21). The van der Waals surface area contributed by atoms with Gasteiger partial charge in [-0.3, -0.25) is 9.59 Å². The number of furan rings is 1. The molecule has 1 fully saturated rings. The molecule has 0 saturated carbocycles. The van der Waals surface area contributed by atoms with Crippen molar-refractivity contribution in [2.24, 2.45) is 5.73 Å². The first kappa shape index (κ1) is 17.5. The lowest BCUT2D eigenvalue weighted by Gasteiger charge is -2.35. The number of nitrogens with two attached hydrogens (primary N) is 1. The van der Waals surface area contributed by atoms with Gasteiger partial charge in [-0.15, -0.1) is 0 Å². The molecule has 2 rings (SSSR count). The number of nitrogens with one attached hydrogen (secondary N) is 1. The molecule has 0 bridgehead atoms. The summed E-state index contributed by atoms with van der Waals surface area (Å²) in [6.45, 7) is 3.12. The van der Waals surface area contributed by atoms with E-state index in [1.165, 1.54) is 6.26 Å². The Bertz CT molecular complexity index is 501. The van der Waals surface area contributed by atoms with Crippen molar-refractivity contribution in [3.05, 3.63) is 24.2 Å². The highest BCUT2D eigenvalue weighted by Gasteiger charge is 2.34. The third-order valence-corrected chi connectivity index (χ3v) is 4.34. The number of nitrogens with zero attached hydrogens (tertiary/aromatic N) is 1. The van der Waals surface area contributed by atoms with Crippen LogP contribution < -0.4 is 11.1 Å². The van der Waals surface area contributed by atoms with E-state index in [2.05, 4.69) is 12.2 Å². The van der Waals surface area contributed by atoms with Crippen LogP contribution in [-0.2, 0) is 4.79 Å². The highest BCUT2D eigenvalue weighted by atomic mass is 16.3. The summed E-state index contributed by atoms with van der Waals surface area (Å²) in [4.78, 5) is 26.8. The second kappa shape index (κ2) is 8.72. The van der Waals surface area contributed by atoms with E-state index in [0.717, 1.165) is 32.1 Å². The SMILES string of the molecule is CCCCC(CN)NC(=O)C1CCCCN1C(=O)c1ccco1. The molecule has 23 heavy (non-hydrogen) atoms. The lowest BCUT2D eigenvalue weighted by molar-refractivity contribution is -0.127. The van der Waals surface area contributed by atoms with Gasteiger partial charge in [-0.1, -0.05) is 19.8 Å². The van der Waals surface area contributed by atoms with E-state index in [1.807, 2.05) is 0 Å². The highest BCUT2D eigenvalue weighted by Crippen LogP contribution is 2.20. The lowest BCUT2D eigenvalue weighted by atomic mass is 10.00. The van der Waals surface area contributed by atoms with Gasteiger partial charge in [0, 0.05) is 19.1 Å². The third-order valence-electron chi connectivity index (χ3n) is 4.34. The molecule has 0 aliphatic carbocycles. The number of carbonyl (C=O) groups excluding carboxylic acids is 2. The predicted octanol–water partition coefficient (Wildman–Crippen LogP) is 1.91. The van der Waals surface area contributed by atoms with Gasteiger partial charge in [0.2, 0.25) is 5.91 Å². The van der Waals surface area contributed by atoms with Gasteiger partial charge in [0.1, 0.15) is 6.04 Å². The molecule has 0 spiro atoms. The highest BCUT2D eigenvalue weighted by molar-refractivity contribution is 5.95. The molecule has 6 nitrogen and oxygen atoms in total. The Morgan fingerprint density at radius 2 is 2.30 bits per heavy atom. The molecule has 2 atom stereocenters. The summed E-state index contributed by atoms with van der Waals surface area (Å²) in [5.41, 5.74) is 5.75. The molecule has 0 radical (unpaired) electrons. The molecule has 6 heteroatoms. The maximum atomic E-state index is 12.6. The van der Waals surface area contributed by atoms with Gasteiger partial charge in [-0.2, -0.15) is 0 Å². The average molecular weight is 321 g/mol. The Hall–Kier alpha value is -1.82. The first-order chi connectivity index (χ1) is 11.2. The van der Waals surface area contributed by atoms with E-state index in [1.54, 1.807) is 17.0 Å². The van der Waals surface area contributed by atoms with E-state index in [-0.39, 0.29) is 23.6 Å². The Morgan fingerprint density at radius 3 is 2.96 bits per heavy atom. The minimum Gasteiger partial charge on any atom is -0.459 e. The largest absolute Gasteiger partial charge is 0.459 e. The lowest BCUT2D eigenvalue weighted by Crippen LogP contribution is -2.54. The monoisotopic (exact) mass is 321 g/mol. The number of likely N-dealkylation sites (tertiary alicyclic amines) is 1.